The molecule has 6 heteroatoms. The number of hydrogen-bond acceptors (Lipinski definition) is 3. The number of hydrogen-bond donors (Lipinski definition) is 0. The molecule has 0 amide bonds. The lowest BCUT2D eigenvalue weighted by Crippen LogP contribution is -2.54. The minimum absolute atomic E-state index is 1.03. The van der Waals surface area contributed by atoms with Crippen molar-refractivity contribution >= 4 is 27.1 Å². The van der Waals surface area contributed by atoms with E-state index in [4.69, 9.17) is 12.3 Å². The number of unbranched alkanes of at least 4 members (excludes halogenated alkanes) is 10. The molecule has 1 saturated heterocycles. The summed E-state index contributed by atoms with van der Waals surface area (Å²) in [6, 6.07) is 1.15. The molecule has 0 aromatic heterocycles. The molecule has 0 spiro atoms. The maximum absolute atomic E-state index is 6.06. The smallest absolute Gasteiger partial charge is 0.362 e. The minimum atomic E-state index is -1.89. The second kappa shape index (κ2) is 12.0. The molecule has 1 heterocycles. The van der Waals surface area contributed by atoms with Crippen molar-refractivity contribution in [2.24, 2.45) is 0 Å². The van der Waals surface area contributed by atoms with Gasteiger partial charge in [-0.2, -0.15) is 0 Å². The second-order valence-corrected chi connectivity index (χ2v) is 13.9. The van der Waals surface area contributed by atoms with Crippen LogP contribution in [-0.4, -0.2) is 27.1 Å². The van der Waals surface area contributed by atoms with E-state index >= 15 is 0 Å². The highest BCUT2D eigenvalue weighted by atomic mass is 28.5. The molecule has 0 atom stereocenters. The Bertz CT molecular complexity index is 269. The lowest BCUT2D eigenvalue weighted by atomic mass is 10.1. The van der Waals surface area contributed by atoms with Crippen LogP contribution in [0.3, 0.4) is 0 Å². The molecule has 0 saturated carbocycles. The molecule has 0 aliphatic carbocycles. The lowest BCUT2D eigenvalue weighted by Gasteiger charge is -2.37. The van der Waals surface area contributed by atoms with Crippen molar-refractivity contribution in [2.45, 2.75) is 103 Å². The summed E-state index contributed by atoms with van der Waals surface area (Å²) in [7, 11) is -3.95. The normalized spacial score (nSPS) is 19.6. The van der Waals surface area contributed by atoms with Crippen molar-refractivity contribution in [3.63, 3.8) is 0 Å². The van der Waals surface area contributed by atoms with Crippen LogP contribution in [0.1, 0.15) is 77.6 Å². The van der Waals surface area contributed by atoms with E-state index in [1.165, 1.54) is 70.6 Å². The van der Waals surface area contributed by atoms with Gasteiger partial charge in [0.15, 0.2) is 0 Å². The first-order valence-electron chi connectivity index (χ1n) is 9.29. The lowest BCUT2D eigenvalue weighted by molar-refractivity contribution is 0.267. The fraction of sp³-hybridized carbons (Fsp3) is 1.00. The molecule has 1 aliphatic heterocycles. The Labute approximate surface area is 143 Å². The predicted molar refractivity (Wildman–Crippen MR) is 99.4 cm³/mol. The highest BCUT2D eigenvalue weighted by molar-refractivity contribution is 6.82. The molecule has 22 heavy (non-hydrogen) atoms. The topological polar surface area (TPSA) is 27.7 Å². The summed E-state index contributed by atoms with van der Waals surface area (Å²) in [6.07, 6.45) is 15.3. The van der Waals surface area contributed by atoms with E-state index in [1.54, 1.807) is 0 Å². The zero-order chi connectivity index (χ0) is 16.3. The molecule has 0 bridgehead atoms. The summed E-state index contributed by atoms with van der Waals surface area (Å²) >= 11 is 0. The molecule has 3 nitrogen and oxygen atoms in total. The highest BCUT2D eigenvalue weighted by Crippen LogP contribution is 2.24. The molecule has 1 aliphatic rings. The molecular formula is C16H36O3Si3. The van der Waals surface area contributed by atoms with Gasteiger partial charge >= 0.3 is 27.1 Å². The van der Waals surface area contributed by atoms with Crippen LogP contribution >= 0.6 is 0 Å². The monoisotopic (exact) mass is 360 g/mol. The largest absolute Gasteiger partial charge is 0.415 e. The van der Waals surface area contributed by atoms with Gasteiger partial charge in [0.05, 0.1) is 0 Å². The predicted octanol–water partition coefficient (Wildman–Crippen LogP) is 5.67. The Morgan fingerprint density at radius 3 is 1.55 bits per heavy atom. The van der Waals surface area contributed by atoms with Gasteiger partial charge in [0.25, 0.3) is 0 Å². The molecule has 0 unspecified atom stereocenters. The maximum atomic E-state index is 6.06. The van der Waals surface area contributed by atoms with Gasteiger partial charge in [-0.05, 0) is 25.7 Å². The Morgan fingerprint density at radius 2 is 1.09 bits per heavy atom. The van der Waals surface area contributed by atoms with E-state index in [1.807, 2.05) is 0 Å². The Morgan fingerprint density at radius 1 is 0.682 bits per heavy atom. The first kappa shape index (κ1) is 20.6. The molecule has 130 valence electrons. The van der Waals surface area contributed by atoms with Crippen LogP contribution in [-0.2, 0) is 12.3 Å². The second-order valence-electron chi connectivity index (χ2n) is 6.71. The fourth-order valence-corrected chi connectivity index (χ4v) is 12.9. The van der Waals surface area contributed by atoms with Gasteiger partial charge in [-0.15, -0.1) is 0 Å². The SMILES string of the molecule is CCCCCCCCCCCCC[Si]1(C)O[Si](C)O[Si](C)O1. The van der Waals surface area contributed by atoms with E-state index in [0.29, 0.717) is 0 Å². The molecule has 0 N–H and O–H groups in total. The zero-order valence-corrected chi connectivity index (χ0v) is 18.2. The Kier molecular flexibility index (Phi) is 11.2. The molecule has 1 fully saturated rings. The first-order valence-corrected chi connectivity index (χ1v) is 15.4. The van der Waals surface area contributed by atoms with Crippen LogP contribution < -0.4 is 0 Å². The minimum Gasteiger partial charge on any atom is -0.415 e. The third kappa shape index (κ3) is 9.62. The summed E-state index contributed by atoms with van der Waals surface area (Å²) in [6.45, 7) is 8.72. The van der Waals surface area contributed by atoms with E-state index < -0.39 is 27.1 Å². The van der Waals surface area contributed by atoms with Crippen molar-refractivity contribution < 1.29 is 12.3 Å². The van der Waals surface area contributed by atoms with E-state index in [0.717, 1.165) is 6.04 Å². The third-order valence-electron chi connectivity index (χ3n) is 4.24. The van der Waals surface area contributed by atoms with Crippen LogP contribution in [0.25, 0.3) is 0 Å². The van der Waals surface area contributed by atoms with E-state index in [-0.39, 0.29) is 0 Å². The summed E-state index contributed by atoms with van der Waals surface area (Å²) in [5.74, 6) is 0. The quantitative estimate of drug-likeness (QED) is 0.331. The van der Waals surface area contributed by atoms with Gasteiger partial charge in [0, 0.05) is 0 Å². The van der Waals surface area contributed by atoms with Crippen LogP contribution in [0.5, 0.6) is 0 Å². The van der Waals surface area contributed by atoms with Crippen molar-refractivity contribution in [2.75, 3.05) is 0 Å². The molecule has 2 radical (unpaired) electrons. The first-order chi connectivity index (χ1) is 10.6. The summed E-state index contributed by atoms with van der Waals surface area (Å²) in [4.78, 5) is 0. The van der Waals surface area contributed by atoms with Gasteiger partial charge in [0.1, 0.15) is 0 Å². The third-order valence-corrected chi connectivity index (χ3v) is 13.6. The summed E-state index contributed by atoms with van der Waals surface area (Å²) < 4.78 is 17.8. The fourth-order valence-electron chi connectivity index (χ4n) is 3.09. The van der Waals surface area contributed by atoms with Crippen molar-refractivity contribution in [1.82, 2.24) is 0 Å². The van der Waals surface area contributed by atoms with Crippen molar-refractivity contribution in [3.05, 3.63) is 0 Å². The molecule has 0 aromatic rings. The van der Waals surface area contributed by atoms with E-state index in [2.05, 4.69) is 26.6 Å². The van der Waals surface area contributed by atoms with Crippen LogP contribution in [0.4, 0.5) is 0 Å². The summed E-state index contributed by atoms with van der Waals surface area (Å²) in [5, 5.41) is 0. The van der Waals surface area contributed by atoms with Crippen LogP contribution in [0, 0.1) is 0 Å². The van der Waals surface area contributed by atoms with Gasteiger partial charge in [-0.25, -0.2) is 0 Å². The molecular weight excluding hydrogens is 324 g/mol. The average Bonchev–Trinajstić information content (AvgIpc) is 2.43. The maximum Gasteiger partial charge on any atom is 0.362 e. The van der Waals surface area contributed by atoms with Crippen molar-refractivity contribution in [1.29, 1.82) is 0 Å². The molecule has 1 rings (SSSR count). The highest BCUT2D eigenvalue weighted by Gasteiger charge is 2.41. The number of rotatable bonds is 12. The van der Waals surface area contributed by atoms with Gasteiger partial charge < -0.3 is 12.3 Å². The zero-order valence-electron chi connectivity index (χ0n) is 15.2. The van der Waals surface area contributed by atoms with E-state index in [9.17, 15) is 0 Å². The van der Waals surface area contributed by atoms with Crippen molar-refractivity contribution in [3.8, 4) is 0 Å². The van der Waals surface area contributed by atoms with Crippen LogP contribution in [0.15, 0.2) is 0 Å². The average molecular weight is 361 g/mol. The van der Waals surface area contributed by atoms with Crippen LogP contribution in [0.2, 0.25) is 25.7 Å². The summed E-state index contributed by atoms with van der Waals surface area (Å²) in [5.41, 5.74) is 0. The molecule has 0 aromatic carbocycles. The Hall–Kier alpha value is 0.531. The Balaban J connectivity index is 1.92. The van der Waals surface area contributed by atoms with Gasteiger partial charge in [0.2, 0.25) is 0 Å². The van der Waals surface area contributed by atoms with Gasteiger partial charge in [-0.1, -0.05) is 77.6 Å². The standard InChI is InChI=1S/C16H36O3Si3/c1-5-6-7-8-9-10-11-12-13-14-15-16-22(4)18-20(2)17-21(3)19-22/h5-16H2,1-4H3. The van der Waals surface area contributed by atoms with Gasteiger partial charge in [-0.3, -0.25) is 0 Å².